The van der Waals surface area contributed by atoms with Gasteiger partial charge in [-0.1, -0.05) is 0 Å². The molecule has 0 aliphatic rings. The average molecular weight is 304 g/mol. The Balaban J connectivity index is 2.34. The van der Waals surface area contributed by atoms with E-state index in [4.69, 9.17) is 0 Å². The molecule has 94 valence electrons. The average Bonchev–Trinajstić information content (AvgIpc) is 3.07. The first kappa shape index (κ1) is 11.5. The Morgan fingerprint density at radius 2 is 1.42 bits per heavy atom. The third-order valence-electron chi connectivity index (χ3n) is 3.24. The first-order chi connectivity index (χ1) is 9.29. The van der Waals surface area contributed by atoms with Gasteiger partial charge in [0.1, 0.15) is 22.1 Å². The molecule has 0 amide bonds. The van der Waals surface area contributed by atoms with Gasteiger partial charge in [0.25, 0.3) is 0 Å². The summed E-state index contributed by atoms with van der Waals surface area (Å²) in [6.45, 7) is 2.07. The van der Waals surface area contributed by atoms with Crippen molar-refractivity contribution in [3.63, 3.8) is 0 Å². The van der Waals surface area contributed by atoms with Gasteiger partial charge in [0.2, 0.25) is 0 Å². The second-order valence-electron chi connectivity index (χ2n) is 4.29. The van der Waals surface area contributed by atoms with Crippen LogP contribution in [0.1, 0.15) is 5.56 Å². The number of hydrogen-bond donors (Lipinski definition) is 0. The highest BCUT2D eigenvalue weighted by Gasteiger charge is 2.15. The summed E-state index contributed by atoms with van der Waals surface area (Å²) in [5, 5.41) is 2.25. The molecule has 7 heteroatoms. The molecule has 4 nitrogen and oxygen atoms in total. The van der Waals surface area contributed by atoms with Crippen LogP contribution >= 0.6 is 35.2 Å². The molecule has 2 aromatic heterocycles. The second kappa shape index (κ2) is 4.09. The standard InChI is InChI=1S/C12H8N4S3/c1-5-3-6-7(10-9(5)13-18-14-10)4-8(17-2)12-11(6)15-19-16-12/h3-4H,1-2H3. The van der Waals surface area contributed by atoms with Gasteiger partial charge in [0.05, 0.1) is 23.5 Å². The van der Waals surface area contributed by atoms with Crippen LogP contribution in [0, 0.1) is 6.92 Å². The van der Waals surface area contributed by atoms with Crippen LogP contribution in [0.3, 0.4) is 0 Å². The van der Waals surface area contributed by atoms with Crippen molar-refractivity contribution in [2.75, 3.05) is 6.26 Å². The zero-order valence-electron chi connectivity index (χ0n) is 10.2. The number of hydrogen-bond acceptors (Lipinski definition) is 7. The summed E-state index contributed by atoms with van der Waals surface area (Å²) < 4.78 is 17.7. The fraction of sp³-hybridized carbons (Fsp3) is 0.167. The summed E-state index contributed by atoms with van der Waals surface area (Å²) >= 11 is 4.22. The highest BCUT2D eigenvalue weighted by atomic mass is 32.2. The van der Waals surface area contributed by atoms with Crippen molar-refractivity contribution in [1.82, 2.24) is 17.5 Å². The maximum absolute atomic E-state index is 4.46. The smallest absolute Gasteiger partial charge is 0.118 e. The minimum absolute atomic E-state index is 0.977. The van der Waals surface area contributed by atoms with Crippen molar-refractivity contribution in [3.8, 4) is 0 Å². The summed E-state index contributed by atoms with van der Waals surface area (Å²) in [4.78, 5) is 1.15. The molecule has 0 saturated heterocycles. The van der Waals surface area contributed by atoms with Gasteiger partial charge in [-0.3, -0.25) is 0 Å². The molecule has 0 atom stereocenters. The summed E-state index contributed by atoms with van der Waals surface area (Å²) in [6.07, 6.45) is 2.06. The number of thioether (sulfide) groups is 1. The Morgan fingerprint density at radius 3 is 2.16 bits per heavy atom. The predicted octanol–water partition coefficient (Wildman–Crippen LogP) is 3.88. The zero-order chi connectivity index (χ0) is 13.0. The van der Waals surface area contributed by atoms with Crippen LogP contribution in [0.4, 0.5) is 0 Å². The molecule has 0 fully saturated rings. The SMILES string of the molecule is CSc1cc2c(cc(C)c3nsnc32)c2nsnc12. The van der Waals surface area contributed by atoms with Crippen molar-refractivity contribution in [3.05, 3.63) is 17.7 Å². The molecule has 0 aliphatic carbocycles. The molecule has 0 aliphatic heterocycles. The summed E-state index contributed by atoms with van der Waals surface area (Å²) in [5.41, 5.74) is 5.08. The third-order valence-corrected chi connectivity index (χ3v) is 5.05. The van der Waals surface area contributed by atoms with Gasteiger partial charge in [-0.2, -0.15) is 17.5 Å². The molecular formula is C12H8N4S3. The van der Waals surface area contributed by atoms with Crippen LogP contribution in [0.2, 0.25) is 0 Å². The Hall–Kier alpha value is -1.31. The van der Waals surface area contributed by atoms with Gasteiger partial charge in [-0.05, 0) is 30.9 Å². The van der Waals surface area contributed by atoms with Crippen molar-refractivity contribution in [2.24, 2.45) is 0 Å². The van der Waals surface area contributed by atoms with E-state index >= 15 is 0 Å². The zero-order valence-corrected chi connectivity index (χ0v) is 12.6. The highest BCUT2D eigenvalue weighted by Crippen LogP contribution is 2.36. The summed E-state index contributed by atoms with van der Waals surface area (Å²) in [6, 6.07) is 4.31. The molecule has 2 heterocycles. The molecule has 2 aromatic carbocycles. The maximum Gasteiger partial charge on any atom is 0.118 e. The van der Waals surface area contributed by atoms with Crippen LogP contribution in [0.15, 0.2) is 17.0 Å². The Kier molecular flexibility index (Phi) is 2.48. The number of aryl methyl sites for hydroxylation is 1. The van der Waals surface area contributed by atoms with Gasteiger partial charge in [0.15, 0.2) is 0 Å². The lowest BCUT2D eigenvalue weighted by Gasteiger charge is -2.05. The van der Waals surface area contributed by atoms with Gasteiger partial charge in [-0.25, -0.2) is 0 Å². The molecule has 19 heavy (non-hydrogen) atoms. The molecule has 0 unspecified atom stereocenters. The topological polar surface area (TPSA) is 51.6 Å². The number of rotatable bonds is 1. The Bertz CT molecular complexity index is 925. The minimum Gasteiger partial charge on any atom is -0.173 e. The first-order valence-corrected chi connectivity index (χ1v) is 8.33. The molecule has 0 radical (unpaired) electrons. The molecule has 4 rings (SSSR count). The van der Waals surface area contributed by atoms with E-state index in [2.05, 4.69) is 42.8 Å². The number of benzene rings is 2. The van der Waals surface area contributed by atoms with E-state index in [9.17, 15) is 0 Å². The lowest BCUT2D eigenvalue weighted by atomic mass is 10.0. The van der Waals surface area contributed by atoms with Gasteiger partial charge < -0.3 is 0 Å². The third kappa shape index (κ3) is 1.52. The van der Waals surface area contributed by atoms with Crippen molar-refractivity contribution in [2.45, 2.75) is 11.8 Å². The minimum atomic E-state index is 0.977. The van der Waals surface area contributed by atoms with E-state index in [1.807, 2.05) is 0 Å². The van der Waals surface area contributed by atoms with E-state index in [0.717, 1.165) is 43.3 Å². The lowest BCUT2D eigenvalue weighted by Crippen LogP contribution is -1.85. The highest BCUT2D eigenvalue weighted by molar-refractivity contribution is 7.98. The van der Waals surface area contributed by atoms with Crippen molar-refractivity contribution < 1.29 is 0 Å². The maximum atomic E-state index is 4.46. The van der Waals surface area contributed by atoms with E-state index in [1.165, 1.54) is 23.5 Å². The van der Waals surface area contributed by atoms with Crippen LogP contribution in [0.5, 0.6) is 0 Å². The molecular weight excluding hydrogens is 296 g/mol. The summed E-state index contributed by atoms with van der Waals surface area (Å²) in [7, 11) is 0. The summed E-state index contributed by atoms with van der Waals surface area (Å²) in [5.74, 6) is 0. The Morgan fingerprint density at radius 1 is 0.842 bits per heavy atom. The van der Waals surface area contributed by atoms with Crippen molar-refractivity contribution >= 4 is 68.1 Å². The number of fused-ring (bicyclic) bond motifs is 5. The van der Waals surface area contributed by atoms with Gasteiger partial charge in [-0.15, -0.1) is 11.8 Å². The number of aromatic nitrogens is 4. The largest absolute Gasteiger partial charge is 0.173 e. The van der Waals surface area contributed by atoms with Crippen LogP contribution in [-0.2, 0) is 0 Å². The molecule has 0 N–H and O–H groups in total. The number of nitrogens with zero attached hydrogens (tertiary/aromatic N) is 4. The normalized spacial score (nSPS) is 11.9. The second-order valence-corrected chi connectivity index (χ2v) is 6.20. The quantitative estimate of drug-likeness (QED) is 0.499. The first-order valence-electron chi connectivity index (χ1n) is 5.64. The van der Waals surface area contributed by atoms with Crippen LogP contribution in [0.25, 0.3) is 32.8 Å². The van der Waals surface area contributed by atoms with Crippen LogP contribution in [-0.4, -0.2) is 23.7 Å². The molecule has 4 aromatic rings. The monoisotopic (exact) mass is 304 g/mol. The van der Waals surface area contributed by atoms with Gasteiger partial charge in [0, 0.05) is 15.7 Å². The molecule has 0 spiro atoms. The van der Waals surface area contributed by atoms with E-state index in [0.29, 0.717) is 0 Å². The predicted molar refractivity (Wildman–Crippen MR) is 82.4 cm³/mol. The van der Waals surface area contributed by atoms with Gasteiger partial charge >= 0.3 is 0 Å². The molecule has 0 saturated carbocycles. The Labute approximate surface area is 121 Å². The fourth-order valence-corrected chi connectivity index (χ4v) is 4.16. The fourth-order valence-electron chi connectivity index (χ4n) is 2.34. The van der Waals surface area contributed by atoms with E-state index < -0.39 is 0 Å². The van der Waals surface area contributed by atoms with Crippen molar-refractivity contribution in [1.29, 1.82) is 0 Å². The lowest BCUT2D eigenvalue weighted by molar-refractivity contribution is 1.48. The van der Waals surface area contributed by atoms with Crippen LogP contribution < -0.4 is 0 Å². The molecule has 0 bridgehead atoms. The van der Waals surface area contributed by atoms with E-state index in [1.54, 1.807) is 11.8 Å². The van der Waals surface area contributed by atoms with E-state index in [-0.39, 0.29) is 0 Å².